The first-order valence-corrected chi connectivity index (χ1v) is 14.2. The lowest BCUT2D eigenvalue weighted by molar-refractivity contribution is 0.0914. The third-order valence-electron chi connectivity index (χ3n) is 6.68. The molecule has 0 bridgehead atoms. The number of nitrogens with zero attached hydrogens (tertiary/aromatic N) is 2. The molecule has 2 aromatic carbocycles. The Balaban J connectivity index is 1.87. The van der Waals surface area contributed by atoms with Crippen LogP contribution in [-0.2, 0) is 13.1 Å². The van der Waals surface area contributed by atoms with E-state index in [2.05, 4.69) is 89.6 Å². The number of rotatable bonds is 21. The van der Waals surface area contributed by atoms with E-state index in [0.717, 1.165) is 77.9 Å². The van der Waals surface area contributed by atoms with Crippen LogP contribution in [0.2, 0.25) is 0 Å². The fraction of sp³-hybridized carbons (Fsp3) is 0.613. The normalized spacial score (nSPS) is 13.4. The average Bonchev–Trinajstić information content (AvgIpc) is 2.88. The van der Waals surface area contributed by atoms with Crippen LogP contribution in [0.5, 0.6) is 0 Å². The van der Waals surface area contributed by atoms with Gasteiger partial charge in [-0.15, -0.1) is 0 Å². The molecule has 5 heteroatoms. The molecule has 2 aromatic rings. The van der Waals surface area contributed by atoms with Gasteiger partial charge in [0.15, 0.2) is 0 Å². The molecule has 0 spiro atoms. The molecule has 2 atom stereocenters. The number of hydrogen-bond acceptors (Lipinski definition) is 5. The third-order valence-corrected chi connectivity index (χ3v) is 6.68. The molecule has 0 amide bonds. The first kappa shape index (κ1) is 30.5. The van der Waals surface area contributed by atoms with Crippen LogP contribution >= 0.6 is 0 Å². The molecule has 0 heterocycles. The molecule has 0 aliphatic heterocycles. The SMILES string of the molecule is CCCCC[C@H](O)CN(CCCCN(Cc1ccccc1)C[C@@H](O)CCNCC)Cc1ccccc1. The molecule has 0 aliphatic carbocycles. The monoisotopic (exact) mass is 497 g/mol. The number of hydrogen-bond donors (Lipinski definition) is 3. The Morgan fingerprint density at radius 1 is 0.667 bits per heavy atom. The lowest BCUT2D eigenvalue weighted by Gasteiger charge is -2.27. The Morgan fingerprint density at radius 2 is 1.17 bits per heavy atom. The van der Waals surface area contributed by atoms with Crippen molar-refractivity contribution < 1.29 is 10.2 Å². The zero-order chi connectivity index (χ0) is 25.8. The van der Waals surface area contributed by atoms with Gasteiger partial charge in [0, 0.05) is 26.2 Å². The summed E-state index contributed by atoms with van der Waals surface area (Å²) in [5.41, 5.74) is 2.59. The second kappa shape index (κ2) is 19.4. The lowest BCUT2D eigenvalue weighted by atomic mass is 10.1. The van der Waals surface area contributed by atoms with E-state index in [1.54, 1.807) is 0 Å². The van der Waals surface area contributed by atoms with E-state index in [9.17, 15) is 10.2 Å². The highest BCUT2D eigenvalue weighted by Gasteiger charge is 2.15. The first-order valence-electron chi connectivity index (χ1n) is 14.2. The number of nitrogens with one attached hydrogen (secondary N) is 1. The molecule has 0 saturated heterocycles. The molecule has 2 rings (SSSR count). The Labute approximate surface area is 220 Å². The second-order valence-electron chi connectivity index (χ2n) is 10.1. The molecule has 3 N–H and O–H groups in total. The summed E-state index contributed by atoms with van der Waals surface area (Å²) in [6, 6.07) is 21.1. The minimum atomic E-state index is -0.319. The van der Waals surface area contributed by atoms with Gasteiger partial charge in [-0.25, -0.2) is 0 Å². The van der Waals surface area contributed by atoms with E-state index in [1.165, 1.54) is 24.0 Å². The number of aliphatic hydroxyl groups is 2. The minimum absolute atomic E-state index is 0.262. The second-order valence-corrected chi connectivity index (χ2v) is 10.1. The van der Waals surface area contributed by atoms with Crippen LogP contribution in [0.1, 0.15) is 69.9 Å². The molecule has 0 aromatic heterocycles. The average molecular weight is 498 g/mol. The molecule has 0 aliphatic rings. The maximum absolute atomic E-state index is 10.6. The summed E-state index contributed by atoms with van der Waals surface area (Å²) in [4.78, 5) is 4.81. The van der Waals surface area contributed by atoms with Crippen molar-refractivity contribution in [2.75, 3.05) is 39.3 Å². The van der Waals surface area contributed by atoms with Gasteiger partial charge >= 0.3 is 0 Å². The first-order chi connectivity index (χ1) is 17.6. The van der Waals surface area contributed by atoms with Crippen molar-refractivity contribution in [3.8, 4) is 0 Å². The van der Waals surface area contributed by atoms with E-state index in [1.807, 2.05) is 0 Å². The Hall–Kier alpha value is -1.76. The molecule has 0 unspecified atom stereocenters. The van der Waals surface area contributed by atoms with Gasteiger partial charge in [-0.3, -0.25) is 9.80 Å². The number of benzene rings is 2. The molecule has 5 nitrogen and oxygen atoms in total. The molecule has 0 fully saturated rings. The van der Waals surface area contributed by atoms with Gasteiger partial charge in [0.25, 0.3) is 0 Å². The van der Waals surface area contributed by atoms with E-state index in [0.29, 0.717) is 6.54 Å². The fourth-order valence-corrected chi connectivity index (χ4v) is 4.68. The van der Waals surface area contributed by atoms with Gasteiger partial charge in [-0.1, -0.05) is 93.8 Å². The summed E-state index contributed by atoms with van der Waals surface area (Å²) in [6.45, 7) is 11.2. The van der Waals surface area contributed by atoms with E-state index >= 15 is 0 Å². The Kier molecular flexibility index (Phi) is 16.4. The highest BCUT2D eigenvalue weighted by molar-refractivity contribution is 5.15. The van der Waals surface area contributed by atoms with E-state index in [4.69, 9.17) is 0 Å². The van der Waals surface area contributed by atoms with E-state index < -0.39 is 0 Å². The Morgan fingerprint density at radius 3 is 1.64 bits per heavy atom. The summed E-state index contributed by atoms with van der Waals surface area (Å²) >= 11 is 0. The van der Waals surface area contributed by atoms with Crippen LogP contribution in [0.15, 0.2) is 60.7 Å². The predicted molar refractivity (Wildman–Crippen MR) is 152 cm³/mol. The van der Waals surface area contributed by atoms with Crippen LogP contribution in [0, 0.1) is 0 Å². The lowest BCUT2D eigenvalue weighted by Crippen LogP contribution is -2.35. The van der Waals surface area contributed by atoms with Gasteiger partial charge in [0.1, 0.15) is 0 Å². The maximum atomic E-state index is 10.6. The summed E-state index contributed by atoms with van der Waals surface area (Å²) in [7, 11) is 0. The van der Waals surface area contributed by atoms with Crippen LogP contribution < -0.4 is 5.32 Å². The summed E-state index contributed by atoms with van der Waals surface area (Å²) in [5.74, 6) is 0. The molecule has 0 saturated carbocycles. The van der Waals surface area contributed by atoms with Crippen molar-refractivity contribution in [1.82, 2.24) is 15.1 Å². The maximum Gasteiger partial charge on any atom is 0.0679 e. The van der Waals surface area contributed by atoms with Gasteiger partial charge in [-0.05, 0) is 63.0 Å². The third kappa shape index (κ3) is 14.1. The van der Waals surface area contributed by atoms with Crippen molar-refractivity contribution >= 4 is 0 Å². The van der Waals surface area contributed by atoms with Crippen molar-refractivity contribution in [3.05, 3.63) is 71.8 Å². The van der Waals surface area contributed by atoms with Crippen molar-refractivity contribution in [1.29, 1.82) is 0 Å². The largest absolute Gasteiger partial charge is 0.392 e. The zero-order valence-corrected chi connectivity index (χ0v) is 22.8. The molecular formula is C31H51N3O2. The Bertz CT molecular complexity index is 693. The van der Waals surface area contributed by atoms with Crippen LogP contribution in [0.25, 0.3) is 0 Å². The van der Waals surface area contributed by atoms with Crippen LogP contribution in [0.3, 0.4) is 0 Å². The predicted octanol–water partition coefficient (Wildman–Crippen LogP) is 5.07. The van der Waals surface area contributed by atoms with Crippen molar-refractivity contribution in [2.45, 2.75) is 84.1 Å². The minimum Gasteiger partial charge on any atom is -0.392 e. The van der Waals surface area contributed by atoms with Gasteiger partial charge in [0.05, 0.1) is 12.2 Å². The highest BCUT2D eigenvalue weighted by atomic mass is 16.3. The van der Waals surface area contributed by atoms with Gasteiger partial charge < -0.3 is 15.5 Å². The highest BCUT2D eigenvalue weighted by Crippen LogP contribution is 2.12. The summed E-state index contributed by atoms with van der Waals surface area (Å²) in [6.07, 6.45) is 6.70. The summed E-state index contributed by atoms with van der Waals surface area (Å²) in [5, 5.41) is 24.6. The fourth-order valence-electron chi connectivity index (χ4n) is 4.68. The quantitative estimate of drug-likeness (QED) is 0.210. The van der Waals surface area contributed by atoms with E-state index in [-0.39, 0.29) is 12.2 Å². The van der Waals surface area contributed by atoms with Crippen molar-refractivity contribution in [3.63, 3.8) is 0 Å². The molecule has 202 valence electrons. The smallest absolute Gasteiger partial charge is 0.0679 e. The number of aliphatic hydroxyl groups excluding tert-OH is 2. The topological polar surface area (TPSA) is 59.0 Å². The molecular weight excluding hydrogens is 446 g/mol. The standard InChI is InChI=1S/C31H51N3O2/c1-3-5-8-19-30(35)26-33(24-28-15-9-6-10-16-28)22-13-14-23-34(25-29-17-11-7-12-18-29)27-31(36)20-21-32-4-2/h6-7,9-12,15-18,30-32,35-36H,3-5,8,13-14,19-27H2,1-2H3/t30-,31-/m0/s1. The zero-order valence-electron chi connectivity index (χ0n) is 22.8. The van der Waals surface area contributed by atoms with Gasteiger partial charge in [-0.2, -0.15) is 0 Å². The van der Waals surface area contributed by atoms with Crippen LogP contribution in [0.4, 0.5) is 0 Å². The summed E-state index contributed by atoms with van der Waals surface area (Å²) < 4.78 is 0. The molecule has 36 heavy (non-hydrogen) atoms. The number of unbranched alkanes of at least 4 members (excludes halogenated alkanes) is 3. The van der Waals surface area contributed by atoms with Gasteiger partial charge in [0.2, 0.25) is 0 Å². The van der Waals surface area contributed by atoms with Crippen LogP contribution in [-0.4, -0.2) is 71.5 Å². The molecule has 0 radical (unpaired) electrons. The van der Waals surface area contributed by atoms with Crippen molar-refractivity contribution in [2.24, 2.45) is 0 Å².